The number of methoxy groups -OCH3 is 1. The van der Waals surface area contributed by atoms with Crippen LogP contribution in [0.5, 0.6) is 5.75 Å². The molecule has 4 nitrogen and oxygen atoms in total. The number of hydrogen-bond acceptors (Lipinski definition) is 4. The number of piperidine rings is 1. The van der Waals surface area contributed by atoms with E-state index < -0.39 is 0 Å². The molecule has 26 heavy (non-hydrogen) atoms. The lowest BCUT2D eigenvalue weighted by atomic mass is 10.0. The molecule has 140 valence electrons. The summed E-state index contributed by atoms with van der Waals surface area (Å²) in [4.78, 5) is 16.1. The lowest BCUT2D eigenvalue weighted by Crippen LogP contribution is -2.40. The predicted octanol–water partition coefficient (Wildman–Crippen LogP) is 4.03. The summed E-state index contributed by atoms with van der Waals surface area (Å²) in [6.07, 6.45) is 5.15. The zero-order valence-corrected chi connectivity index (χ0v) is 16.3. The fourth-order valence-electron chi connectivity index (χ4n) is 3.50. The van der Waals surface area contributed by atoms with Gasteiger partial charge >= 0.3 is 0 Å². The van der Waals surface area contributed by atoms with E-state index in [-0.39, 0.29) is 11.9 Å². The van der Waals surface area contributed by atoms with Crippen molar-refractivity contribution in [2.24, 2.45) is 0 Å². The first kappa shape index (κ1) is 18.9. The van der Waals surface area contributed by atoms with Gasteiger partial charge in [-0.15, -0.1) is 11.3 Å². The van der Waals surface area contributed by atoms with Crippen LogP contribution in [0.2, 0.25) is 0 Å². The number of likely N-dealkylation sites (tertiary alicyclic amines) is 1. The van der Waals surface area contributed by atoms with Crippen molar-refractivity contribution < 1.29 is 9.53 Å². The number of aryl methyl sites for hydroxylation is 1. The van der Waals surface area contributed by atoms with Crippen LogP contribution in [0.3, 0.4) is 0 Å². The standard InChI is InChI=1S/C21H28N2O2S/c1-25-18-9-7-17(8-10-18)20(23-13-3-2-4-14-23)16-22-21(24)12-11-19-6-5-15-26-19/h5-10,15,20H,2-4,11-14,16H2,1H3,(H,22,24). The van der Waals surface area contributed by atoms with Gasteiger partial charge in [0, 0.05) is 17.8 Å². The van der Waals surface area contributed by atoms with Crippen molar-refractivity contribution in [2.75, 3.05) is 26.7 Å². The average molecular weight is 373 g/mol. The molecule has 0 aliphatic carbocycles. The van der Waals surface area contributed by atoms with Gasteiger partial charge in [0.15, 0.2) is 0 Å². The van der Waals surface area contributed by atoms with Crippen LogP contribution in [-0.4, -0.2) is 37.6 Å². The maximum atomic E-state index is 12.3. The van der Waals surface area contributed by atoms with Gasteiger partial charge in [-0.25, -0.2) is 0 Å². The number of carbonyl (C=O) groups is 1. The van der Waals surface area contributed by atoms with Gasteiger partial charge in [0.1, 0.15) is 5.75 Å². The van der Waals surface area contributed by atoms with Crippen LogP contribution >= 0.6 is 11.3 Å². The van der Waals surface area contributed by atoms with Crippen LogP contribution in [0.4, 0.5) is 0 Å². The highest BCUT2D eigenvalue weighted by Gasteiger charge is 2.22. The van der Waals surface area contributed by atoms with Crippen molar-refractivity contribution in [1.29, 1.82) is 0 Å². The number of nitrogens with zero attached hydrogens (tertiary/aromatic N) is 1. The Morgan fingerprint density at radius 3 is 2.62 bits per heavy atom. The minimum atomic E-state index is 0.133. The first-order chi connectivity index (χ1) is 12.8. The van der Waals surface area contributed by atoms with Crippen LogP contribution in [0.25, 0.3) is 0 Å². The monoisotopic (exact) mass is 372 g/mol. The van der Waals surface area contributed by atoms with Crippen molar-refractivity contribution in [3.05, 3.63) is 52.2 Å². The Hall–Kier alpha value is -1.85. The molecular formula is C21H28N2O2S. The molecule has 1 N–H and O–H groups in total. The number of nitrogens with one attached hydrogen (secondary N) is 1. The van der Waals surface area contributed by atoms with E-state index in [1.165, 1.54) is 29.7 Å². The molecule has 1 saturated heterocycles. The molecule has 2 aromatic rings. The third kappa shape index (κ3) is 5.32. The van der Waals surface area contributed by atoms with Crippen molar-refractivity contribution >= 4 is 17.2 Å². The second-order valence-electron chi connectivity index (χ2n) is 6.77. The normalized spacial score (nSPS) is 16.2. The van der Waals surface area contributed by atoms with E-state index in [0.717, 1.165) is 25.3 Å². The molecule has 1 aromatic heterocycles. The molecule has 0 saturated carbocycles. The summed E-state index contributed by atoms with van der Waals surface area (Å²) in [5.41, 5.74) is 1.24. The van der Waals surface area contributed by atoms with E-state index in [1.807, 2.05) is 18.2 Å². The summed E-state index contributed by atoms with van der Waals surface area (Å²) in [5, 5.41) is 5.22. The summed E-state index contributed by atoms with van der Waals surface area (Å²) >= 11 is 1.71. The second-order valence-corrected chi connectivity index (χ2v) is 7.80. The quantitative estimate of drug-likeness (QED) is 0.761. The highest BCUT2D eigenvalue weighted by atomic mass is 32.1. The van der Waals surface area contributed by atoms with E-state index in [0.29, 0.717) is 13.0 Å². The number of rotatable bonds is 8. The van der Waals surface area contributed by atoms with Crippen molar-refractivity contribution in [3.8, 4) is 5.75 Å². The molecule has 5 heteroatoms. The Morgan fingerprint density at radius 1 is 1.19 bits per heavy atom. The Labute approximate surface area is 160 Å². The van der Waals surface area contributed by atoms with Gasteiger partial charge in [-0.1, -0.05) is 24.6 Å². The van der Waals surface area contributed by atoms with Crippen LogP contribution < -0.4 is 10.1 Å². The van der Waals surface area contributed by atoms with E-state index in [4.69, 9.17) is 4.74 Å². The molecule has 1 atom stereocenters. The van der Waals surface area contributed by atoms with Crippen molar-refractivity contribution in [2.45, 2.75) is 38.1 Å². The lowest BCUT2D eigenvalue weighted by Gasteiger charge is -2.35. The SMILES string of the molecule is COc1ccc(C(CNC(=O)CCc2cccs2)N2CCCCC2)cc1. The number of amides is 1. The molecule has 1 aliphatic rings. The van der Waals surface area contributed by atoms with Gasteiger partial charge in [0.2, 0.25) is 5.91 Å². The maximum absolute atomic E-state index is 12.3. The van der Waals surface area contributed by atoms with Gasteiger partial charge in [0.25, 0.3) is 0 Å². The Bertz CT molecular complexity index is 664. The van der Waals surface area contributed by atoms with Crippen molar-refractivity contribution in [1.82, 2.24) is 10.2 Å². The molecule has 3 rings (SSSR count). The highest BCUT2D eigenvalue weighted by Crippen LogP contribution is 2.26. The first-order valence-electron chi connectivity index (χ1n) is 9.43. The second kappa shape index (κ2) is 9.74. The highest BCUT2D eigenvalue weighted by molar-refractivity contribution is 7.09. The molecule has 0 radical (unpaired) electrons. The molecule has 1 amide bonds. The minimum Gasteiger partial charge on any atom is -0.497 e. The van der Waals surface area contributed by atoms with Crippen LogP contribution in [-0.2, 0) is 11.2 Å². The number of carbonyl (C=O) groups excluding carboxylic acids is 1. The summed E-state index contributed by atoms with van der Waals surface area (Å²) in [6.45, 7) is 2.86. The minimum absolute atomic E-state index is 0.133. The van der Waals surface area contributed by atoms with Gasteiger partial charge < -0.3 is 10.1 Å². The zero-order valence-electron chi connectivity index (χ0n) is 15.4. The van der Waals surface area contributed by atoms with Gasteiger partial charge in [-0.05, 0) is 61.5 Å². The predicted molar refractivity (Wildman–Crippen MR) is 107 cm³/mol. The summed E-state index contributed by atoms with van der Waals surface area (Å²) in [7, 11) is 1.69. The molecular weight excluding hydrogens is 344 g/mol. The van der Waals surface area contributed by atoms with E-state index >= 15 is 0 Å². The van der Waals surface area contributed by atoms with E-state index in [2.05, 4.69) is 33.8 Å². The van der Waals surface area contributed by atoms with Gasteiger partial charge in [0.05, 0.1) is 13.2 Å². The fraction of sp³-hybridized carbons (Fsp3) is 0.476. The summed E-state index contributed by atoms with van der Waals surface area (Å²) < 4.78 is 5.28. The Balaban J connectivity index is 1.59. The number of benzene rings is 1. The van der Waals surface area contributed by atoms with E-state index in [9.17, 15) is 4.79 Å². The summed E-state index contributed by atoms with van der Waals surface area (Å²) in [5.74, 6) is 1.00. The maximum Gasteiger partial charge on any atom is 0.220 e. The zero-order chi connectivity index (χ0) is 18.2. The Kier molecular flexibility index (Phi) is 7.09. The lowest BCUT2D eigenvalue weighted by molar-refractivity contribution is -0.121. The van der Waals surface area contributed by atoms with Crippen LogP contribution in [0, 0.1) is 0 Å². The number of thiophene rings is 1. The molecule has 0 bridgehead atoms. The van der Waals surface area contributed by atoms with Crippen LogP contribution in [0.1, 0.15) is 42.2 Å². The molecule has 2 heterocycles. The molecule has 1 aromatic carbocycles. The smallest absolute Gasteiger partial charge is 0.220 e. The molecule has 0 spiro atoms. The van der Waals surface area contributed by atoms with Gasteiger partial charge in [-0.3, -0.25) is 9.69 Å². The topological polar surface area (TPSA) is 41.6 Å². The molecule has 1 unspecified atom stereocenters. The molecule has 1 aliphatic heterocycles. The van der Waals surface area contributed by atoms with E-state index in [1.54, 1.807) is 18.4 Å². The number of hydrogen-bond donors (Lipinski definition) is 1. The first-order valence-corrected chi connectivity index (χ1v) is 10.3. The largest absolute Gasteiger partial charge is 0.497 e. The average Bonchev–Trinajstić information content (AvgIpc) is 3.21. The third-order valence-corrected chi connectivity index (χ3v) is 5.94. The van der Waals surface area contributed by atoms with Crippen LogP contribution in [0.15, 0.2) is 41.8 Å². The number of ether oxygens (including phenoxy) is 1. The Morgan fingerprint density at radius 2 is 1.96 bits per heavy atom. The molecule has 1 fully saturated rings. The third-order valence-electron chi connectivity index (χ3n) is 5.00. The fourth-order valence-corrected chi connectivity index (χ4v) is 4.21. The van der Waals surface area contributed by atoms with Gasteiger partial charge in [-0.2, -0.15) is 0 Å². The summed E-state index contributed by atoms with van der Waals surface area (Å²) in [6, 6.07) is 12.6. The van der Waals surface area contributed by atoms with Crippen molar-refractivity contribution in [3.63, 3.8) is 0 Å².